The summed E-state index contributed by atoms with van der Waals surface area (Å²) in [6, 6.07) is 5.94. The van der Waals surface area contributed by atoms with Crippen LogP contribution in [0.15, 0.2) is 28.8 Å². The first-order valence-electron chi connectivity index (χ1n) is 6.18. The van der Waals surface area contributed by atoms with Crippen LogP contribution in [0.3, 0.4) is 0 Å². The van der Waals surface area contributed by atoms with Crippen molar-refractivity contribution in [3.8, 4) is 0 Å². The van der Waals surface area contributed by atoms with E-state index in [4.69, 9.17) is 4.52 Å². The van der Waals surface area contributed by atoms with Gasteiger partial charge < -0.3 is 15.2 Å². The molecule has 1 heterocycles. The molecule has 1 amide bonds. The number of anilines is 1. The van der Waals surface area contributed by atoms with E-state index in [2.05, 4.69) is 15.8 Å². The first-order chi connectivity index (χ1) is 10.0. The van der Waals surface area contributed by atoms with E-state index in [0.717, 1.165) is 0 Å². The first kappa shape index (κ1) is 14.5. The van der Waals surface area contributed by atoms with Crippen LogP contribution in [0.4, 0.5) is 11.4 Å². The van der Waals surface area contributed by atoms with Crippen molar-refractivity contribution >= 4 is 17.3 Å². The van der Waals surface area contributed by atoms with Crippen molar-refractivity contribution in [2.45, 2.75) is 13.5 Å². The number of carbonyl (C=O) groups excluding carboxylic acids is 1. The molecule has 1 aromatic carbocycles. The second kappa shape index (κ2) is 6.04. The summed E-state index contributed by atoms with van der Waals surface area (Å²) < 4.78 is 4.88. The third-order valence-electron chi connectivity index (χ3n) is 2.83. The zero-order valence-corrected chi connectivity index (χ0v) is 11.5. The molecule has 2 rings (SSSR count). The maximum absolute atomic E-state index is 12.0. The minimum Gasteiger partial charge on any atom is -0.383 e. The molecule has 0 atom stereocenters. The lowest BCUT2D eigenvalue weighted by molar-refractivity contribution is -0.384. The molecule has 0 saturated carbocycles. The molecular formula is C13H14N4O4. The quantitative estimate of drug-likeness (QED) is 0.642. The Morgan fingerprint density at radius 2 is 2.19 bits per heavy atom. The van der Waals surface area contributed by atoms with Gasteiger partial charge in [0.15, 0.2) is 0 Å². The smallest absolute Gasteiger partial charge is 0.293 e. The summed E-state index contributed by atoms with van der Waals surface area (Å²) in [5, 5.41) is 20.0. The summed E-state index contributed by atoms with van der Waals surface area (Å²) in [5.74, 6) is 0.231. The molecule has 21 heavy (non-hydrogen) atoms. The monoisotopic (exact) mass is 290 g/mol. The number of nitrogens with one attached hydrogen (secondary N) is 2. The van der Waals surface area contributed by atoms with Crippen LogP contribution in [0.25, 0.3) is 0 Å². The molecule has 0 aliphatic heterocycles. The van der Waals surface area contributed by atoms with Gasteiger partial charge in [-0.15, -0.1) is 0 Å². The topological polar surface area (TPSA) is 110 Å². The normalized spacial score (nSPS) is 10.2. The number of carbonyl (C=O) groups is 1. The number of rotatable bonds is 5. The van der Waals surface area contributed by atoms with Crippen molar-refractivity contribution in [1.82, 2.24) is 10.5 Å². The van der Waals surface area contributed by atoms with Crippen LogP contribution < -0.4 is 10.6 Å². The number of hydrogen-bond donors (Lipinski definition) is 2. The molecule has 2 N–H and O–H groups in total. The van der Waals surface area contributed by atoms with E-state index in [-0.39, 0.29) is 17.8 Å². The van der Waals surface area contributed by atoms with Crippen molar-refractivity contribution in [2.75, 3.05) is 12.4 Å². The highest BCUT2D eigenvalue weighted by Gasteiger charge is 2.16. The molecule has 0 spiro atoms. The van der Waals surface area contributed by atoms with Gasteiger partial charge in [-0.3, -0.25) is 14.9 Å². The predicted octanol–water partition coefficient (Wildman–Crippen LogP) is 1.86. The fourth-order valence-electron chi connectivity index (χ4n) is 1.81. The standard InChI is InChI=1S/C13H14N4O4/c1-8-5-10(16-21-8)7-15-13(18)9-3-4-11(14-2)12(6-9)17(19)20/h3-6,14H,7H2,1-2H3,(H,15,18). The van der Waals surface area contributed by atoms with E-state index in [1.54, 1.807) is 20.0 Å². The highest BCUT2D eigenvalue weighted by molar-refractivity contribution is 5.95. The van der Waals surface area contributed by atoms with Gasteiger partial charge in [-0.25, -0.2) is 0 Å². The van der Waals surface area contributed by atoms with Crippen LogP contribution in [0.1, 0.15) is 21.8 Å². The number of amides is 1. The summed E-state index contributed by atoms with van der Waals surface area (Å²) in [7, 11) is 1.58. The number of aromatic nitrogens is 1. The molecule has 110 valence electrons. The zero-order valence-electron chi connectivity index (χ0n) is 11.5. The molecule has 0 aliphatic carbocycles. The number of nitrogens with zero attached hydrogens (tertiary/aromatic N) is 2. The van der Waals surface area contributed by atoms with E-state index < -0.39 is 10.8 Å². The zero-order chi connectivity index (χ0) is 15.4. The molecule has 0 radical (unpaired) electrons. The van der Waals surface area contributed by atoms with Gasteiger partial charge in [-0.2, -0.15) is 0 Å². The van der Waals surface area contributed by atoms with Crippen LogP contribution in [0.5, 0.6) is 0 Å². The summed E-state index contributed by atoms with van der Waals surface area (Å²) in [6.45, 7) is 1.94. The summed E-state index contributed by atoms with van der Waals surface area (Å²) in [4.78, 5) is 22.4. The Kier molecular flexibility index (Phi) is 4.17. The Labute approximate surface area is 120 Å². The van der Waals surface area contributed by atoms with Crippen LogP contribution in [0.2, 0.25) is 0 Å². The number of nitro benzene ring substituents is 1. The molecule has 0 fully saturated rings. The fourth-order valence-corrected chi connectivity index (χ4v) is 1.81. The maximum atomic E-state index is 12.0. The van der Waals surface area contributed by atoms with E-state index in [1.807, 2.05) is 0 Å². The first-order valence-corrected chi connectivity index (χ1v) is 6.18. The average Bonchev–Trinajstić information content (AvgIpc) is 2.89. The third kappa shape index (κ3) is 3.35. The SMILES string of the molecule is CNc1ccc(C(=O)NCc2cc(C)on2)cc1[N+](=O)[O-]. The second-order valence-electron chi connectivity index (χ2n) is 4.35. The van der Waals surface area contributed by atoms with Gasteiger partial charge >= 0.3 is 0 Å². The van der Waals surface area contributed by atoms with Gasteiger partial charge in [-0.1, -0.05) is 5.16 Å². The Hall–Kier alpha value is -2.90. The lowest BCUT2D eigenvalue weighted by atomic mass is 10.1. The van der Waals surface area contributed by atoms with Crippen LogP contribution in [0, 0.1) is 17.0 Å². The van der Waals surface area contributed by atoms with Crippen molar-refractivity contribution in [1.29, 1.82) is 0 Å². The number of aryl methyl sites for hydroxylation is 1. The molecule has 1 aromatic heterocycles. The molecule has 2 aromatic rings. The largest absolute Gasteiger partial charge is 0.383 e. The molecule has 0 bridgehead atoms. The molecule has 0 saturated heterocycles. The van der Waals surface area contributed by atoms with Gasteiger partial charge in [-0.05, 0) is 19.1 Å². The van der Waals surface area contributed by atoms with E-state index in [9.17, 15) is 14.9 Å². The lowest BCUT2D eigenvalue weighted by Gasteiger charge is -2.06. The van der Waals surface area contributed by atoms with Crippen LogP contribution >= 0.6 is 0 Å². The Morgan fingerprint density at radius 3 is 2.76 bits per heavy atom. The van der Waals surface area contributed by atoms with Gasteiger partial charge in [0, 0.05) is 24.7 Å². The van der Waals surface area contributed by atoms with Gasteiger partial charge in [0.25, 0.3) is 11.6 Å². The van der Waals surface area contributed by atoms with Crippen LogP contribution in [-0.2, 0) is 6.54 Å². The number of benzene rings is 1. The van der Waals surface area contributed by atoms with E-state index in [0.29, 0.717) is 17.1 Å². The predicted molar refractivity (Wildman–Crippen MR) is 75.1 cm³/mol. The number of nitro groups is 1. The van der Waals surface area contributed by atoms with Crippen molar-refractivity contribution < 1.29 is 14.2 Å². The Morgan fingerprint density at radius 1 is 1.43 bits per heavy atom. The molecule has 0 unspecified atom stereocenters. The highest BCUT2D eigenvalue weighted by atomic mass is 16.6. The summed E-state index contributed by atoms with van der Waals surface area (Å²) >= 11 is 0. The van der Waals surface area contributed by atoms with Crippen LogP contribution in [-0.4, -0.2) is 23.0 Å². The van der Waals surface area contributed by atoms with Gasteiger partial charge in [0.05, 0.1) is 11.5 Å². The van der Waals surface area contributed by atoms with Crippen molar-refractivity contribution in [2.24, 2.45) is 0 Å². The lowest BCUT2D eigenvalue weighted by Crippen LogP contribution is -2.23. The Bertz CT molecular complexity index is 681. The molecule has 8 heteroatoms. The molecule has 0 aliphatic rings. The molecular weight excluding hydrogens is 276 g/mol. The van der Waals surface area contributed by atoms with Gasteiger partial charge in [0.1, 0.15) is 17.1 Å². The third-order valence-corrected chi connectivity index (χ3v) is 2.83. The minimum atomic E-state index is -0.538. The van der Waals surface area contributed by atoms with E-state index in [1.165, 1.54) is 18.2 Å². The van der Waals surface area contributed by atoms with Crippen molar-refractivity contribution in [3.05, 3.63) is 51.4 Å². The van der Waals surface area contributed by atoms with Gasteiger partial charge in [0.2, 0.25) is 0 Å². The minimum absolute atomic E-state index is 0.151. The van der Waals surface area contributed by atoms with E-state index >= 15 is 0 Å². The number of hydrogen-bond acceptors (Lipinski definition) is 6. The summed E-state index contributed by atoms with van der Waals surface area (Å²) in [5.41, 5.74) is 0.995. The highest BCUT2D eigenvalue weighted by Crippen LogP contribution is 2.24. The van der Waals surface area contributed by atoms with Crippen molar-refractivity contribution in [3.63, 3.8) is 0 Å². The Balaban J connectivity index is 2.12. The fraction of sp³-hybridized carbons (Fsp3) is 0.231. The average molecular weight is 290 g/mol. The molecule has 8 nitrogen and oxygen atoms in total. The maximum Gasteiger partial charge on any atom is 0.293 e. The second-order valence-corrected chi connectivity index (χ2v) is 4.35. The summed E-state index contributed by atoms with van der Waals surface area (Å²) in [6.07, 6.45) is 0.